The number of carboxylic acid groups (broad SMARTS) is 2. The second-order valence-electron chi connectivity index (χ2n) is 2.80. The summed E-state index contributed by atoms with van der Waals surface area (Å²) in [5.41, 5.74) is -1.37. The maximum Gasteiger partial charge on any atom is 1.00 e. The van der Waals surface area contributed by atoms with Gasteiger partial charge in [0.15, 0.2) is 0 Å². The van der Waals surface area contributed by atoms with Crippen LogP contribution in [0.5, 0.6) is 0 Å². The van der Waals surface area contributed by atoms with Gasteiger partial charge < -0.3 is 19.8 Å². The Bertz CT molecular complexity index is 537. The maximum absolute atomic E-state index is 10.7. The Balaban J connectivity index is -0.000000853. The van der Waals surface area contributed by atoms with Crippen LogP contribution in [0.4, 0.5) is 0 Å². The molecular formula is C8H4Na3O7S+. The summed E-state index contributed by atoms with van der Waals surface area (Å²) in [6, 6.07) is 1.83. The van der Waals surface area contributed by atoms with Crippen molar-refractivity contribution in [2.75, 3.05) is 0 Å². The summed E-state index contributed by atoms with van der Waals surface area (Å²) >= 11 is 0. The number of aromatic carboxylic acids is 2. The molecule has 1 N–H and O–H groups in total. The SMILES string of the molecule is O=C([O-])c1cc(C(=O)[O-])cc(S(=O)(=O)O)c1.[Na+].[Na+].[Na+]. The fourth-order valence-corrected chi connectivity index (χ4v) is 1.54. The molecule has 0 fully saturated rings. The van der Waals surface area contributed by atoms with Crippen LogP contribution in [-0.4, -0.2) is 24.9 Å². The number of carbonyl (C=O) groups excluding carboxylic acids is 2. The summed E-state index contributed by atoms with van der Waals surface area (Å²) in [5, 5.41) is 20.9. The van der Waals surface area contributed by atoms with Gasteiger partial charge in [-0.3, -0.25) is 4.55 Å². The summed E-state index contributed by atoms with van der Waals surface area (Å²) in [6.45, 7) is 0. The molecule has 0 aromatic heterocycles. The average Bonchev–Trinajstić information content (AvgIpc) is 2.15. The molecule has 11 heteroatoms. The zero-order valence-electron chi connectivity index (χ0n) is 10.5. The van der Waals surface area contributed by atoms with E-state index in [2.05, 4.69) is 0 Å². The number of carbonyl (C=O) groups is 2. The van der Waals surface area contributed by atoms with E-state index >= 15 is 0 Å². The molecule has 7 nitrogen and oxygen atoms in total. The van der Waals surface area contributed by atoms with Gasteiger partial charge in [-0.2, -0.15) is 8.42 Å². The normalized spacial score (nSPS) is 9.32. The van der Waals surface area contributed by atoms with Crippen LogP contribution < -0.4 is 98.9 Å². The van der Waals surface area contributed by atoms with Gasteiger partial charge in [0.1, 0.15) is 0 Å². The molecule has 0 spiro atoms. The third-order valence-corrected chi connectivity index (χ3v) is 2.51. The van der Waals surface area contributed by atoms with Gasteiger partial charge >= 0.3 is 88.7 Å². The molecular weight excluding hydrogens is 309 g/mol. The van der Waals surface area contributed by atoms with Crippen molar-refractivity contribution in [3.8, 4) is 0 Å². The molecule has 0 aliphatic carbocycles. The monoisotopic (exact) mass is 313 g/mol. The number of rotatable bonds is 3. The molecule has 0 heterocycles. The van der Waals surface area contributed by atoms with Crippen LogP contribution in [-0.2, 0) is 10.1 Å². The topological polar surface area (TPSA) is 135 Å². The Hall–Kier alpha value is 1.07. The van der Waals surface area contributed by atoms with Gasteiger partial charge in [0.05, 0.1) is 16.8 Å². The Morgan fingerprint density at radius 2 is 1.21 bits per heavy atom. The zero-order valence-corrected chi connectivity index (χ0v) is 17.4. The standard InChI is InChI=1S/C8H6O7S.3Na/c9-7(10)4-1-5(8(11)12)3-6(2-4)16(13,14)15;;;/h1-3H,(H,9,10)(H,11,12)(H,13,14,15);;;/q;3*+1/p-2. The molecule has 0 radical (unpaired) electrons. The molecule has 0 amide bonds. The quantitative estimate of drug-likeness (QED) is 0.432. The fourth-order valence-electron chi connectivity index (χ4n) is 0.984. The van der Waals surface area contributed by atoms with E-state index in [0.29, 0.717) is 18.2 Å². The summed E-state index contributed by atoms with van der Waals surface area (Å²) in [6.07, 6.45) is 0. The molecule has 0 unspecified atom stereocenters. The zero-order chi connectivity index (χ0) is 12.5. The van der Waals surface area contributed by atoms with Crippen molar-refractivity contribution in [1.82, 2.24) is 0 Å². The summed E-state index contributed by atoms with van der Waals surface area (Å²) in [7, 11) is -4.70. The van der Waals surface area contributed by atoms with Crippen LogP contribution in [0.25, 0.3) is 0 Å². The first-order valence-electron chi connectivity index (χ1n) is 3.77. The molecule has 1 aromatic carbocycles. The van der Waals surface area contributed by atoms with Crippen molar-refractivity contribution in [2.45, 2.75) is 4.90 Å². The summed E-state index contributed by atoms with van der Waals surface area (Å²) < 4.78 is 30.1. The van der Waals surface area contributed by atoms with Crippen LogP contribution in [0.3, 0.4) is 0 Å². The smallest absolute Gasteiger partial charge is 0.545 e. The predicted molar refractivity (Wildman–Crippen MR) is 44.9 cm³/mol. The fraction of sp³-hybridized carbons (Fsp3) is 0. The summed E-state index contributed by atoms with van der Waals surface area (Å²) in [4.78, 5) is 20.1. The number of hydrogen-bond acceptors (Lipinski definition) is 6. The minimum Gasteiger partial charge on any atom is -0.545 e. The van der Waals surface area contributed by atoms with Gasteiger partial charge in [0, 0.05) is 0 Å². The molecule has 0 bridgehead atoms. The molecule has 19 heavy (non-hydrogen) atoms. The Morgan fingerprint density at radius 1 is 0.895 bits per heavy atom. The van der Waals surface area contributed by atoms with Crippen LogP contribution in [0.1, 0.15) is 20.7 Å². The van der Waals surface area contributed by atoms with Crippen LogP contribution >= 0.6 is 0 Å². The maximum atomic E-state index is 10.7. The first kappa shape index (κ1) is 25.0. The van der Waals surface area contributed by atoms with Crippen molar-refractivity contribution in [3.05, 3.63) is 29.3 Å². The van der Waals surface area contributed by atoms with Crippen molar-refractivity contribution < 1.29 is 121 Å². The van der Waals surface area contributed by atoms with E-state index < -0.39 is 38.1 Å². The molecule has 0 saturated heterocycles. The Morgan fingerprint density at radius 3 is 1.42 bits per heavy atom. The average molecular weight is 313 g/mol. The molecule has 0 saturated carbocycles. The van der Waals surface area contributed by atoms with Crippen molar-refractivity contribution >= 4 is 22.1 Å². The van der Waals surface area contributed by atoms with Gasteiger partial charge in [-0.05, 0) is 29.3 Å². The number of hydrogen-bond donors (Lipinski definition) is 1. The van der Waals surface area contributed by atoms with Crippen LogP contribution in [0.2, 0.25) is 0 Å². The van der Waals surface area contributed by atoms with E-state index in [1.165, 1.54) is 0 Å². The minimum atomic E-state index is -4.70. The minimum absolute atomic E-state index is 0. The van der Waals surface area contributed by atoms with Crippen molar-refractivity contribution in [1.29, 1.82) is 0 Å². The molecule has 1 aromatic rings. The third kappa shape index (κ3) is 7.58. The first-order valence-corrected chi connectivity index (χ1v) is 5.21. The molecule has 0 aliphatic rings. The van der Waals surface area contributed by atoms with Gasteiger partial charge in [0.2, 0.25) is 0 Å². The van der Waals surface area contributed by atoms with Crippen molar-refractivity contribution in [2.24, 2.45) is 0 Å². The van der Waals surface area contributed by atoms with Crippen LogP contribution in [0.15, 0.2) is 23.1 Å². The van der Waals surface area contributed by atoms with E-state index in [9.17, 15) is 28.2 Å². The van der Waals surface area contributed by atoms with E-state index in [1.807, 2.05) is 0 Å². The van der Waals surface area contributed by atoms with Crippen LogP contribution in [0, 0.1) is 0 Å². The van der Waals surface area contributed by atoms with Gasteiger partial charge in [-0.25, -0.2) is 0 Å². The Kier molecular flexibility index (Phi) is 13.1. The molecule has 0 atom stereocenters. The van der Waals surface area contributed by atoms with E-state index in [4.69, 9.17) is 4.55 Å². The molecule has 86 valence electrons. The van der Waals surface area contributed by atoms with Gasteiger partial charge in [0.25, 0.3) is 10.1 Å². The van der Waals surface area contributed by atoms with E-state index in [-0.39, 0.29) is 88.7 Å². The van der Waals surface area contributed by atoms with E-state index in [0.717, 1.165) is 0 Å². The van der Waals surface area contributed by atoms with E-state index in [1.54, 1.807) is 0 Å². The third-order valence-electron chi connectivity index (χ3n) is 1.68. The summed E-state index contributed by atoms with van der Waals surface area (Å²) in [5.74, 6) is -3.54. The largest absolute Gasteiger partial charge is 1.00 e. The second-order valence-corrected chi connectivity index (χ2v) is 4.22. The van der Waals surface area contributed by atoms with Gasteiger partial charge in [-0.1, -0.05) is 0 Å². The number of benzene rings is 1. The molecule has 0 aliphatic heterocycles. The van der Waals surface area contributed by atoms with Crippen molar-refractivity contribution in [3.63, 3.8) is 0 Å². The second kappa shape index (κ2) is 9.91. The first-order chi connectivity index (χ1) is 7.21. The van der Waals surface area contributed by atoms with Gasteiger partial charge in [-0.15, -0.1) is 0 Å². The predicted octanol–water partition coefficient (Wildman–Crippen LogP) is -11.3. The number of carboxylic acids is 2. The Labute approximate surface area is 175 Å². The molecule has 1 rings (SSSR count).